The van der Waals surface area contributed by atoms with Gasteiger partial charge in [-0.1, -0.05) is 12.1 Å². The monoisotopic (exact) mass is 343 g/mol. The third-order valence-electron chi connectivity index (χ3n) is 4.06. The molecule has 134 valence electrons. The summed E-state index contributed by atoms with van der Waals surface area (Å²) >= 11 is 0. The van der Waals surface area contributed by atoms with E-state index in [0.717, 1.165) is 30.4 Å². The van der Waals surface area contributed by atoms with Gasteiger partial charge in [-0.25, -0.2) is 14.8 Å². The minimum absolute atomic E-state index is 0.248. The van der Waals surface area contributed by atoms with Crippen LogP contribution in [0.25, 0.3) is 11.0 Å². The quantitative estimate of drug-likeness (QED) is 0.851. The predicted octanol–water partition coefficient (Wildman–Crippen LogP) is 3.66. The highest BCUT2D eigenvalue weighted by Gasteiger charge is 2.28. The Morgan fingerprint density at radius 3 is 2.80 bits per heavy atom. The lowest BCUT2D eigenvalue weighted by molar-refractivity contribution is 0.0138. The van der Waals surface area contributed by atoms with E-state index in [0.29, 0.717) is 19.0 Å². The molecule has 1 amide bonds. The van der Waals surface area contributed by atoms with E-state index in [9.17, 15) is 4.79 Å². The van der Waals surface area contributed by atoms with E-state index in [1.807, 2.05) is 45.0 Å². The number of likely N-dealkylation sites (tertiary alicyclic amines) is 1. The lowest BCUT2D eigenvalue weighted by Crippen LogP contribution is -2.44. The van der Waals surface area contributed by atoms with Gasteiger partial charge in [-0.3, -0.25) is 0 Å². The van der Waals surface area contributed by atoms with E-state index < -0.39 is 5.60 Å². The van der Waals surface area contributed by atoms with Gasteiger partial charge in [0.05, 0.1) is 23.8 Å². The summed E-state index contributed by atoms with van der Waals surface area (Å²) in [4.78, 5) is 22.8. The Labute approximate surface area is 148 Å². The molecule has 2 aromatic rings. The molecule has 25 heavy (non-hydrogen) atoms. The molecule has 1 atom stereocenters. The molecule has 1 aliphatic rings. The smallest absolute Gasteiger partial charge is 0.410 e. The molecule has 1 fully saturated rings. The molecule has 0 spiro atoms. The Hall–Kier alpha value is -2.37. The highest BCUT2D eigenvalue weighted by Crippen LogP contribution is 2.21. The van der Waals surface area contributed by atoms with Crippen molar-refractivity contribution >= 4 is 17.1 Å². The summed E-state index contributed by atoms with van der Waals surface area (Å²) in [7, 11) is 0. The number of carbonyl (C=O) groups excluding carboxylic acids is 1. The van der Waals surface area contributed by atoms with E-state index in [-0.39, 0.29) is 12.0 Å². The van der Waals surface area contributed by atoms with Gasteiger partial charge in [-0.15, -0.1) is 0 Å². The average Bonchev–Trinajstić information content (AvgIpc) is 2.58. The molecule has 2 heterocycles. The van der Waals surface area contributed by atoms with Crippen LogP contribution in [0, 0.1) is 5.92 Å². The zero-order valence-corrected chi connectivity index (χ0v) is 15.1. The number of aromatic nitrogens is 2. The van der Waals surface area contributed by atoms with Crippen molar-refractivity contribution in [2.24, 2.45) is 5.92 Å². The van der Waals surface area contributed by atoms with Gasteiger partial charge in [0.2, 0.25) is 5.88 Å². The summed E-state index contributed by atoms with van der Waals surface area (Å²) in [6, 6.07) is 7.71. The molecule has 1 saturated heterocycles. The number of benzene rings is 1. The molecule has 1 aliphatic heterocycles. The summed E-state index contributed by atoms with van der Waals surface area (Å²) in [5, 5.41) is 0. The second-order valence-electron chi connectivity index (χ2n) is 7.44. The van der Waals surface area contributed by atoms with Crippen LogP contribution in [0.2, 0.25) is 0 Å². The van der Waals surface area contributed by atoms with Crippen LogP contribution >= 0.6 is 0 Å². The molecule has 0 N–H and O–H groups in total. The molecular formula is C19H25N3O3. The van der Waals surface area contributed by atoms with Crippen molar-refractivity contribution in [1.29, 1.82) is 0 Å². The maximum Gasteiger partial charge on any atom is 0.410 e. The Bertz CT molecular complexity index is 742. The van der Waals surface area contributed by atoms with Gasteiger partial charge in [0.25, 0.3) is 0 Å². The third-order valence-corrected chi connectivity index (χ3v) is 4.06. The molecule has 0 saturated carbocycles. The van der Waals surface area contributed by atoms with E-state index in [2.05, 4.69) is 9.97 Å². The SMILES string of the molecule is CC(C)(C)OC(=O)N1CCC[C@H](COc2cnc3ccccc3n2)C1. The zero-order valence-electron chi connectivity index (χ0n) is 15.1. The van der Waals surface area contributed by atoms with Gasteiger partial charge in [0.1, 0.15) is 5.60 Å². The molecule has 1 aromatic carbocycles. The van der Waals surface area contributed by atoms with Crippen molar-refractivity contribution in [3.05, 3.63) is 30.5 Å². The molecule has 6 heteroatoms. The maximum atomic E-state index is 12.2. The van der Waals surface area contributed by atoms with Gasteiger partial charge < -0.3 is 14.4 Å². The van der Waals surface area contributed by atoms with Crippen LogP contribution in [-0.4, -0.2) is 46.3 Å². The number of ether oxygens (including phenoxy) is 2. The van der Waals surface area contributed by atoms with Crippen molar-refractivity contribution in [2.75, 3.05) is 19.7 Å². The standard InChI is InChI=1S/C19H25N3O3/c1-19(2,3)25-18(23)22-10-6-7-14(12-22)13-24-17-11-20-15-8-4-5-9-16(15)21-17/h4-5,8-9,11,14H,6-7,10,12-13H2,1-3H3/t14-/m0/s1. The van der Waals surface area contributed by atoms with Crippen LogP contribution in [0.15, 0.2) is 30.5 Å². The molecule has 6 nitrogen and oxygen atoms in total. The lowest BCUT2D eigenvalue weighted by Gasteiger charge is -2.33. The number of hydrogen-bond donors (Lipinski definition) is 0. The largest absolute Gasteiger partial charge is 0.476 e. The molecule has 0 aliphatic carbocycles. The first-order valence-electron chi connectivity index (χ1n) is 8.73. The lowest BCUT2D eigenvalue weighted by atomic mass is 9.99. The first kappa shape index (κ1) is 17.5. The first-order valence-corrected chi connectivity index (χ1v) is 8.73. The fourth-order valence-corrected chi connectivity index (χ4v) is 2.91. The minimum Gasteiger partial charge on any atom is -0.476 e. The summed E-state index contributed by atoms with van der Waals surface area (Å²) in [5.74, 6) is 0.794. The number of carbonyl (C=O) groups is 1. The van der Waals surface area contributed by atoms with Gasteiger partial charge in [-0.2, -0.15) is 0 Å². The minimum atomic E-state index is -0.471. The van der Waals surface area contributed by atoms with Crippen molar-refractivity contribution in [3.8, 4) is 5.88 Å². The number of piperidine rings is 1. The Kier molecular flexibility index (Phi) is 5.06. The summed E-state index contributed by atoms with van der Waals surface area (Å²) in [6.07, 6.45) is 3.39. The zero-order chi connectivity index (χ0) is 17.9. The molecule has 0 unspecified atom stereocenters. The van der Waals surface area contributed by atoms with E-state index in [1.54, 1.807) is 11.1 Å². The fourth-order valence-electron chi connectivity index (χ4n) is 2.91. The predicted molar refractivity (Wildman–Crippen MR) is 95.6 cm³/mol. The molecule has 0 radical (unpaired) electrons. The second kappa shape index (κ2) is 7.25. The van der Waals surface area contributed by atoms with Crippen molar-refractivity contribution < 1.29 is 14.3 Å². The fraction of sp³-hybridized carbons (Fsp3) is 0.526. The second-order valence-corrected chi connectivity index (χ2v) is 7.44. The molecular weight excluding hydrogens is 318 g/mol. The van der Waals surface area contributed by atoms with Crippen LogP contribution in [0.3, 0.4) is 0 Å². The summed E-state index contributed by atoms with van der Waals surface area (Å²) < 4.78 is 11.3. The highest BCUT2D eigenvalue weighted by molar-refractivity contribution is 5.73. The van der Waals surface area contributed by atoms with Crippen molar-refractivity contribution in [1.82, 2.24) is 14.9 Å². The Morgan fingerprint density at radius 2 is 2.04 bits per heavy atom. The number of rotatable bonds is 3. The van der Waals surface area contributed by atoms with Gasteiger partial charge in [0, 0.05) is 19.0 Å². The average molecular weight is 343 g/mol. The van der Waals surface area contributed by atoms with Crippen LogP contribution in [0.5, 0.6) is 5.88 Å². The number of hydrogen-bond acceptors (Lipinski definition) is 5. The van der Waals surface area contributed by atoms with Crippen molar-refractivity contribution in [2.45, 2.75) is 39.2 Å². The van der Waals surface area contributed by atoms with E-state index in [4.69, 9.17) is 9.47 Å². The topological polar surface area (TPSA) is 64.5 Å². The van der Waals surface area contributed by atoms with Gasteiger partial charge in [0.15, 0.2) is 0 Å². The number of para-hydroxylation sites is 2. The molecule has 1 aromatic heterocycles. The van der Waals surface area contributed by atoms with E-state index >= 15 is 0 Å². The van der Waals surface area contributed by atoms with Crippen LogP contribution in [0.1, 0.15) is 33.6 Å². The van der Waals surface area contributed by atoms with Gasteiger partial charge >= 0.3 is 6.09 Å². The van der Waals surface area contributed by atoms with Crippen LogP contribution < -0.4 is 4.74 Å². The molecule has 0 bridgehead atoms. The Morgan fingerprint density at radius 1 is 1.28 bits per heavy atom. The maximum absolute atomic E-state index is 12.2. The van der Waals surface area contributed by atoms with Crippen LogP contribution in [-0.2, 0) is 4.74 Å². The number of nitrogens with zero attached hydrogens (tertiary/aromatic N) is 3. The van der Waals surface area contributed by atoms with Crippen molar-refractivity contribution in [3.63, 3.8) is 0 Å². The number of fused-ring (bicyclic) bond motifs is 1. The highest BCUT2D eigenvalue weighted by atomic mass is 16.6. The Balaban J connectivity index is 1.56. The molecule has 3 rings (SSSR count). The first-order chi connectivity index (χ1) is 11.9. The van der Waals surface area contributed by atoms with Gasteiger partial charge in [-0.05, 0) is 45.7 Å². The summed E-state index contributed by atoms with van der Waals surface area (Å²) in [6.45, 7) is 7.55. The third kappa shape index (κ3) is 4.81. The summed E-state index contributed by atoms with van der Waals surface area (Å²) in [5.41, 5.74) is 1.20. The normalized spacial score (nSPS) is 18.2. The number of amides is 1. The van der Waals surface area contributed by atoms with Crippen LogP contribution in [0.4, 0.5) is 4.79 Å². The van der Waals surface area contributed by atoms with E-state index in [1.165, 1.54) is 0 Å².